The van der Waals surface area contributed by atoms with E-state index in [-0.39, 0.29) is 17.3 Å². The van der Waals surface area contributed by atoms with Gasteiger partial charge >= 0.3 is 0 Å². The molecule has 0 amide bonds. The van der Waals surface area contributed by atoms with Crippen molar-refractivity contribution in [2.24, 2.45) is 0 Å². The molecule has 0 aliphatic heterocycles. The largest absolute Gasteiger partial charge is 0.384 e. The van der Waals surface area contributed by atoms with Gasteiger partial charge in [0.2, 0.25) is 10.0 Å². The average Bonchev–Trinajstić information content (AvgIpc) is 2.82. The number of hydrogen-bond donors (Lipinski definition) is 2. The quantitative estimate of drug-likeness (QED) is 0.736. The normalized spacial score (nSPS) is 11.6. The molecule has 8 nitrogen and oxygen atoms in total. The van der Waals surface area contributed by atoms with Gasteiger partial charge in [0.15, 0.2) is 0 Å². The number of rotatable bonds is 5. The summed E-state index contributed by atoms with van der Waals surface area (Å²) >= 11 is 0. The monoisotopic (exact) mass is 268 g/mol. The van der Waals surface area contributed by atoms with Crippen molar-refractivity contribution in [2.75, 3.05) is 12.3 Å². The molecule has 18 heavy (non-hydrogen) atoms. The molecule has 0 fully saturated rings. The Labute approximate surface area is 104 Å². The molecule has 3 N–H and O–H groups in total. The summed E-state index contributed by atoms with van der Waals surface area (Å²) < 4.78 is 27.7. The van der Waals surface area contributed by atoms with E-state index in [0.717, 1.165) is 0 Å². The molecule has 96 valence electrons. The molecule has 0 aliphatic rings. The Morgan fingerprint density at radius 3 is 2.89 bits per heavy atom. The number of nitrogens with one attached hydrogen (secondary N) is 1. The fourth-order valence-corrected chi connectivity index (χ4v) is 2.37. The second-order valence-electron chi connectivity index (χ2n) is 3.48. The molecular formula is C9H12N6O2S. The highest BCUT2D eigenvalue weighted by atomic mass is 32.2. The van der Waals surface area contributed by atoms with Crippen LogP contribution in [-0.2, 0) is 16.6 Å². The lowest BCUT2D eigenvalue weighted by molar-refractivity contribution is 0.553. The first-order chi connectivity index (χ1) is 8.58. The third-order valence-electron chi connectivity index (χ3n) is 2.17. The number of aromatic nitrogens is 4. The van der Waals surface area contributed by atoms with Crippen molar-refractivity contribution < 1.29 is 8.42 Å². The number of hydrogen-bond acceptors (Lipinski definition) is 6. The molecular weight excluding hydrogens is 256 g/mol. The Balaban J connectivity index is 1.99. The summed E-state index contributed by atoms with van der Waals surface area (Å²) in [7, 11) is -3.57. The van der Waals surface area contributed by atoms with Gasteiger partial charge in [-0.15, -0.1) is 5.10 Å². The zero-order valence-electron chi connectivity index (χ0n) is 9.39. The van der Waals surface area contributed by atoms with Gasteiger partial charge in [0.05, 0.1) is 17.6 Å². The minimum absolute atomic E-state index is 0.0913. The average molecular weight is 268 g/mol. The lowest BCUT2D eigenvalue weighted by Crippen LogP contribution is -2.27. The van der Waals surface area contributed by atoms with E-state index in [9.17, 15) is 8.42 Å². The molecule has 0 atom stereocenters. The van der Waals surface area contributed by atoms with Crippen LogP contribution < -0.4 is 10.5 Å². The van der Waals surface area contributed by atoms with E-state index in [1.807, 2.05) is 0 Å². The molecule has 0 unspecified atom stereocenters. The van der Waals surface area contributed by atoms with Crippen molar-refractivity contribution in [3.8, 4) is 0 Å². The Bertz CT molecular complexity index is 610. The van der Waals surface area contributed by atoms with Gasteiger partial charge in [-0.25, -0.2) is 18.1 Å². The molecule has 2 aromatic heterocycles. The van der Waals surface area contributed by atoms with Crippen LogP contribution in [0.2, 0.25) is 0 Å². The van der Waals surface area contributed by atoms with Crippen molar-refractivity contribution in [3.63, 3.8) is 0 Å². The third kappa shape index (κ3) is 3.02. The van der Waals surface area contributed by atoms with E-state index in [1.54, 1.807) is 6.20 Å². The summed E-state index contributed by atoms with van der Waals surface area (Å²) in [5.74, 6) is 0.161. The molecule has 2 heterocycles. The Morgan fingerprint density at radius 2 is 2.22 bits per heavy atom. The summed E-state index contributed by atoms with van der Waals surface area (Å²) in [6.45, 7) is 0.619. The van der Waals surface area contributed by atoms with Crippen molar-refractivity contribution in [1.29, 1.82) is 0 Å². The topological polar surface area (TPSA) is 116 Å². The summed E-state index contributed by atoms with van der Waals surface area (Å²) in [5.41, 5.74) is 5.44. The smallest absolute Gasteiger partial charge is 0.240 e. The number of nitrogen functional groups attached to an aromatic ring is 1. The standard InChI is InChI=1S/C9H12N6O2S/c10-9-7-8(1-2-11-9)18(16,17)13-4-6-15-5-3-12-14-15/h1-3,5,7,13H,4,6H2,(H2,10,11). The Kier molecular flexibility index (Phi) is 3.53. The van der Waals surface area contributed by atoms with Crippen molar-refractivity contribution in [2.45, 2.75) is 11.4 Å². The molecule has 2 aromatic rings. The number of anilines is 1. The lowest BCUT2D eigenvalue weighted by atomic mass is 10.5. The van der Waals surface area contributed by atoms with Crippen LogP contribution in [0.25, 0.3) is 0 Å². The number of nitrogens with zero attached hydrogens (tertiary/aromatic N) is 4. The van der Waals surface area contributed by atoms with Crippen LogP contribution in [0.15, 0.2) is 35.6 Å². The van der Waals surface area contributed by atoms with E-state index >= 15 is 0 Å². The van der Waals surface area contributed by atoms with E-state index in [0.29, 0.717) is 6.54 Å². The fraction of sp³-hybridized carbons (Fsp3) is 0.222. The minimum atomic E-state index is -3.57. The van der Waals surface area contributed by atoms with Crippen LogP contribution >= 0.6 is 0 Å². The van der Waals surface area contributed by atoms with E-state index in [4.69, 9.17) is 5.73 Å². The van der Waals surface area contributed by atoms with Gasteiger partial charge in [0.1, 0.15) is 5.82 Å². The molecule has 9 heteroatoms. The Morgan fingerprint density at radius 1 is 1.39 bits per heavy atom. The molecule has 0 saturated carbocycles. The zero-order chi connectivity index (χ0) is 13.0. The first-order valence-corrected chi connectivity index (χ1v) is 6.61. The molecule has 0 saturated heterocycles. The van der Waals surface area contributed by atoms with Crippen molar-refractivity contribution >= 4 is 15.8 Å². The predicted octanol–water partition coefficient (Wildman–Crippen LogP) is -0.766. The van der Waals surface area contributed by atoms with E-state index < -0.39 is 10.0 Å². The highest BCUT2D eigenvalue weighted by Crippen LogP contribution is 2.09. The highest BCUT2D eigenvalue weighted by Gasteiger charge is 2.13. The van der Waals surface area contributed by atoms with Gasteiger partial charge in [-0.05, 0) is 6.07 Å². The summed E-state index contributed by atoms with van der Waals surface area (Å²) in [4.78, 5) is 3.83. The highest BCUT2D eigenvalue weighted by molar-refractivity contribution is 7.89. The first-order valence-electron chi connectivity index (χ1n) is 5.13. The number of sulfonamides is 1. The van der Waals surface area contributed by atoms with Gasteiger partial charge < -0.3 is 5.73 Å². The molecule has 0 aliphatic carbocycles. The fourth-order valence-electron chi connectivity index (χ4n) is 1.32. The molecule has 0 bridgehead atoms. The molecule has 0 spiro atoms. The van der Waals surface area contributed by atoms with Crippen LogP contribution in [0, 0.1) is 0 Å². The molecule has 0 radical (unpaired) electrons. The second-order valence-corrected chi connectivity index (χ2v) is 5.25. The maximum atomic E-state index is 11.9. The van der Waals surface area contributed by atoms with Crippen LogP contribution in [0.3, 0.4) is 0 Å². The van der Waals surface area contributed by atoms with E-state index in [2.05, 4.69) is 20.0 Å². The van der Waals surface area contributed by atoms with Crippen LogP contribution in [-0.4, -0.2) is 34.9 Å². The van der Waals surface area contributed by atoms with Crippen molar-refractivity contribution in [1.82, 2.24) is 24.7 Å². The van der Waals surface area contributed by atoms with Gasteiger partial charge in [-0.1, -0.05) is 5.21 Å². The number of pyridine rings is 1. The van der Waals surface area contributed by atoms with Gasteiger partial charge in [0.25, 0.3) is 0 Å². The SMILES string of the molecule is Nc1cc(S(=O)(=O)NCCn2ccnn2)ccn1. The van der Waals surface area contributed by atoms with Crippen molar-refractivity contribution in [3.05, 3.63) is 30.7 Å². The second kappa shape index (κ2) is 5.10. The maximum Gasteiger partial charge on any atom is 0.240 e. The number of nitrogens with two attached hydrogens (primary N) is 1. The first kappa shape index (κ1) is 12.5. The van der Waals surface area contributed by atoms with Gasteiger partial charge in [-0.2, -0.15) is 0 Å². The lowest BCUT2D eigenvalue weighted by Gasteiger charge is -2.06. The third-order valence-corrected chi connectivity index (χ3v) is 3.63. The molecule has 2 rings (SSSR count). The summed E-state index contributed by atoms with van der Waals surface area (Å²) in [6, 6.07) is 2.69. The van der Waals surface area contributed by atoms with Crippen LogP contribution in [0.1, 0.15) is 0 Å². The molecule has 0 aromatic carbocycles. The maximum absolute atomic E-state index is 11.9. The predicted molar refractivity (Wildman–Crippen MR) is 63.9 cm³/mol. The summed E-state index contributed by atoms with van der Waals surface area (Å²) in [5, 5.41) is 7.34. The Hall–Kier alpha value is -2.00. The van der Waals surface area contributed by atoms with Crippen LogP contribution in [0.5, 0.6) is 0 Å². The van der Waals surface area contributed by atoms with Gasteiger partial charge in [-0.3, -0.25) is 4.68 Å². The zero-order valence-corrected chi connectivity index (χ0v) is 10.2. The minimum Gasteiger partial charge on any atom is -0.384 e. The van der Waals surface area contributed by atoms with Crippen LogP contribution in [0.4, 0.5) is 5.82 Å². The summed E-state index contributed by atoms with van der Waals surface area (Å²) in [6.07, 6.45) is 4.53. The van der Waals surface area contributed by atoms with E-state index in [1.165, 1.54) is 29.2 Å². The van der Waals surface area contributed by atoms with Gasteiger partial charge in [0, 0.05) is 25.0 Å².